The van der Waals surface area contributed by atoms with Crippen molar-refractivity contribution in [2.45, 2.75) is 51.7 Å². The number of ether oxygens (including phenoxy) is 1. The third kappa shape index (κ3) is 4.94. The molecule has 1 aliphatic heterocycles. The van der Waals surface area contributed by atoms with E-state index in [-0.39, 0.29) is 12.5 Å². The summed E-state index contributed by atoms with van der Waals surface area (Å²) in [6, 6.07) is 9.97. The van der Waals surface area contributed by atoms with Gasteiger partial charge in [-0.25, -0.2) is 4.98 Å². The number of piperidine rings is 1. The summed E-state index contributed by atoms with van der Waals surface area (Å²) in [6.45, 7) is 5.40. The molecule has 3 rings (SSSR count). The molecule has 1 aromatic carbocycles. The van der Waals surface area contributed by atoms with Gasteiger partial charge in [0.25, 0.3) is 0 Å². The summed E-state index contributed by atoms with van der Waals surface area (Å²) in [5, 5.41) is 0. The summed E-state index contributed by atoms with van der Waals surface area (Å²) >= 11 is 0. The predicted octanol–water partition coefficient (Wildman–Crippen LogP) is 3.61. The van der Waals surface area contributed by atoms with Crippen molar-refractivity contribution in [1.82, 2.24) is 14.5 Å². The molecule has 2 aromatic rings. The maximum atomic E-state index is 12.5. The van der Waals surface area contributed by atoms with E-state index in [1.807, 2.05) is 41.4 Å². The lowest BCUT2D eigenvalue weighted by Crippen LogP contribution is -2.41. The van der Waals surface area contributed by atoms with Gasteiger partial charge in [-0.15, -0.1) is 0 Å². The standard InChI is InChI=1S/C21H29N3O2/c1-2-3-12-23-14-11-22-21(23)19-10-7-13-24(15-19)20(25)17-26-16-18-8-5-4-6-9-18/h4-6,8-9,11,14,19H,2-3,7,10,12-13,15-17H2,1H3/t19-/m1/s1. The van der Waals surface area contributed by atoms with Gasteiger partial charge in [-0.05, 0) is 24.8 Å². The van der Waals surface area contributed by atoms with Crippen molar-refractivity contribution in [3.8, 4) is 0 Å². The Bertz CT molecular complexity index is 684. The first kappa shape index (κ1) is 18.6. The van der Waals surface area contributed by atoms with Crippen molar-refractivity contribution in [1.29, 1.82) is 0 Å². The first-order valence-corrected chi connectivity index (χ1v) is 9.68. The Morgan fingerprint density at radius 1 is 1.31 bits per heavy atom. The van der Waals surface area contributed by atoms with Crippen LogP contribution in [0.4, 0.5) is 0 Å². The number of carbonyl (C=O) groups is 1. The van der Waals surface area contributed by atoms with E-state index in [0.29, 0.717) is 12.5 Å². The van der Waals surface area contributed by atoms with Crippen LogP contribution in [0.2, 0.25) is 0 Å². The summed E-state index contributed by atoms with van der Waals surface area (Å²) in [4.78, 5) is 19.1. The summed E-state index contributed by atoms with van der Waals surface area (Å²) in [7, 11) is 0. The monoisotopic (exact) mass is 355 g/mol. The van der Waals surface area contributed by atoms with Crippen molar-refractivity contribution < 1.29 is 9.53 Å². The van der Waals surface area contributed by atoms with E-state index in [1.165, 1.54) is 6.42 Å². The van der Waals surface area contributed by atoms with Gasteiger partial charge < -0.3 is 14.2 Å². The second kappa shape index (κ2) is 9.53. The number of likely N-dealkylation sites (tertiary alicyclic amines) is 1. The highest BCUT2D eigenvalue weighted by molar-refractivity contribution is 5.77. The first-order valence-electron chi connectivity index (χ1n) is 9.68. The second-order valence-corrected chi connectivity index (χ2v) is 6.99. The fourth-order valence-corrected chi connectivity index (χ4v) is 3.53. The van der Waals surface area contributed by atoms with Crippen LogP contribution in [-0.2, 0) is 22.7 Å². The van der Waals surface area contributed by atoms with Crippen molar-refractivity contribution >= 4 is 5.91 Å². The Labute approximate surface area is 156 Å². The maximum Gasteiger partial charge on any atom is 0.248 e. The van der Waals surface area contributed by atoms with E-state index < -0.39 is 0 Å². The summed E-state index contributed by atoms with van der Waals surface area (Å²) in [5.74, 6) is 1.53. The van der Waals surface area contributed by atoms with Crippen LogP contribution in [0.15, 0.2) is 42.7 Å². The topological polar surface area (TPSA) is 47.4 Å². The first-order chi connectivity index (χ1) is 12.8. The largest absolute Gasteiger partial charge is 0.367 e. The molecule has 0 saturated carbocycles. The minimum atomic E-state index is 0.0808. The molecule has 1 fully saturated rings. The molecule has 0 N–H and O–H groups in total. The second-order valence-electron chi connectivity index (χ2n) is 6.99. The molecule has 0 radical (unpaired) electrons. The molecule has 26 heavy (non-hydrogen) atoms. The number of rotatable bonds is 8. The predicted molar refractivity (Wildman–Crippen MR) is 102 cm³/mol. The van der Waals surface area contributed by atoms with Crippen LogP contribution < -0.4 is 0 Å². The Morgan fingerprint density at radius 3 is 2.96 bits per heavy atom. The highest BCUT2D eigenvalue weighted by Gasteiger charge is 2.27. The summed E-state index contributed by atoms with van der Waals surface area (Å²) < 4.78 is 7.88. The number of aromatic nitrogens is 2. The van der Waals surface area contributed by atoms with Crippen molar-refractivity contribution in [2.24, 2.45) is 0 Å². The summed E-state index contributed by atoms with van der Waals surface area (Å²) in [5.41, 5.74) is 1.09. The van der Waals surface area contributed by atoms with Gasteiger partial charge in [0.1, 0.15) is 12.4 Å². The third-order valence-corrected chi connectivity index (χ3v) is 4.98. The minimum Gasteiger partial charge on any atom is -0.367 e. The normalized spacial score (nSPS) is 17.4. The maximum absolute atomic E-state index is 12.5. The van der Waals surface area contributed by atoms with Gasteiger partial charge in [-0.1, -0.05) is 43.7 Å². The Kier molecular flexibility index (Phi) is 6.83. The molecule has 1 aromatic heterocycles. The fourth-order valence-electron chi connectivity index (χ4n) is 3.53. The zero-order chi connectivity index (χ0) is 18.2. The molecular weight excluding hydrogens is 326 g/mol. The van der Waals surface area contributed by atoms with E-state index in [9.17, 15) is 4.79 Å². The van der Waals surface area contributed by atoms with E-state index in [1.54, 1.807) is 0 Å². The molecule has 0 aliphatic carbocycles. The molecule has 140 valence electrons. The van der Waals surface area contributed by atoms with Crippen LogP contribution in [0.25, 0.3) is 0 Å². The van der Waals surface area contributed by atoms with Crippen LogP contribution in [0.1, 0.15) is 49.9 Å². The molecule has 5 nitrogen and oxygen atoms in total. The fraction of sp³-hybridized carbons (Fsp3) is 0.524. The third-order valence-electron chi connectivity index (χ3n) is 4.98. The van der Waals surface area contributed by atoms with Crippen LogP contribution in [0.3, 0.4) is 0 Å². The summed E-state index contributed by atoms with van der Waals surface area (Å²) in [6.07, 6.45) is 8.40. The van der Waals surface area contributed by atoms with Crippen molar-refractivity contribution in [2.75, 3.05) is 19.7 Å². The zero-order valence-electron chi connectivity index (χ0n) is 15.6. The van der Waals surface area contributed by atoms with Crippen LogP contribution >= 0.6 is 0 Å². The van der Waals surface area contributed by atoms with Gasteiger partial charge in [0.2, 0.25) is 5.91 Å². The number of unbranched alkanes of at least 4 members (excludes halogenated alkanes) is 1. The zero-order valence-corrected chi connectivity index (χ0v) is 15.6. The van der Waals surface area contributed by atoms with Gasteiger partial charge in [-0.3, -0.25) is 4.79 Å². The Hall–Kier alpha value is -2.14. The average Bonchev–Trinajstić information content (AvgIpc) is 3.16. The average molecular weight is 355 g/mol. The molecule has 0 unspecified atom stereocenters. The molecule has 2 heterocycles. The molecular formula is C21H29N3O2. The number of hydrogen-bond donors (Lipinski definition) is 0. The highest BCUT2D eigenvalue weighted by atomic mass is 16.5. The number of aryl methyl sites for hydroxylation is 1. The van der Waals surface area contributed by atoms with E-state index >= 15 is 0 Å². The van der Waals surface area contributed by atoms with Gasteiger partial charge in [0, 0.05) is 37.9 Å². The van der Waals surface area contributed by atoms with E-state index in [0.717, 1.165) is 50.3 Å². The Morgan fingerprint density at radius 2 is 2.15 bits per heavy atom. The van der Waals surface area contributed by atoms with Crippen LogP contribution in [0, 0.1) is 0 Å². The lowest BCUT2D eigenvalue weighted by molar-refractivity contribution is -0.137. The van der Waals surface area contributed by atoms with Crippen molar-refractivity contribution in [3.05, 3.63) is 54.1 Å². The number of nitrogens with zero attached hydrogens (tertiary/aromatic N) is 3. The van der Waals surface area contributed by atoms with Gasteiger partial charge >= 0.3 is 0 Å². The quantitative estimate of drug-likeness (QED) is 0.727. The Balaban J connectivity index is 1.51. The molecule has 1 saturated heterocycles. The molecule has 0 spiro atoms. The minimum absolute atomic E-state index is 0.0808. The van der Waals surface area contributed by atoms with Crippen molar-refractivity contribution in [3.63, 3.8) is 0 Å². The highest BCUT2D eigenvalue weighted by Crippen LogP contribution is 2.26. The van der Waals surface area contributed by atoms with Crippen LogP contribution in [-0.4, -0.2) is 40.1 Å². The van der Waals surface area contributed by atoms with E-state index in [4.69, 9.17) is 4.74 Å². The lowest BCUT2D eigenvalue weighted by atomic mass is 9.97. The van der Waals surface area contributed by atoms with E-state index in [2.05, 4.69) is 22.7 Å². The molecule has 1 atom stereocenters. The lowest BCUT2D eigenvalue weighted by Gasteiger charge is -2.32. The van der Waals surface area contributed by atoms with Crippen LogP contribution in [0.5, 0.6) is 0 Å². The van der Waals surface area contributed by atoms with Gasteiger partial charge in [0.15, 0.2) is 0 Å². The number of amides is 1. The number of carbonyl (C=O) groups excluding carboxylic acids is 1. The molecule has 0 bridgehead atoms. The smallest absolute Gasteiger partial charge is 0.248 e. The molecule has 5 heteroatoms. The molecule has 1 aliphatic rings. The van der Waals surface area contributed by atoms with Gasteiger partial charge in [-0.2, -0.15) is 0 Å². The SMILES string of the molecule is CCCCn1ccnc1[C@@H]1CCCN(C(=O)COCc2ccccc2)C1. The molecule has 1 amide bonds. The number of hydrogen-bond acceptors (Lipinski definition) is 3. The van der Waals surface area contributed by atoms with Gasteiger partial charge in [0.05, 0.1) is 6.61 Å². The number of imidazole rings is 1. The number of benzene rings is 1.